The number of hydroxylamine groups is 2. The summed E-state index contributed by atoms with van der Waals surface area (Å²) in [6.45, 7) is 8.71. The molecule has 1 aromatic heterocycles. The highest BCUT2D eigenvalue weighted by molar-refractivity contribution is 8.00. The van der Waals surface area contributed by atoms with Crippen LogP contribution < -0.4 is 10.5 Å². The Morgan fingerprint density at radius 3 is 2.54 bits per heavy atom. The second-order valence-electron chi connectivity index (χ2n) is 13.2. The van der Waals surface area contributed by atoms with Crippen LogP contribution in [0.2, 0.25) is 0 Å². The quantitative estimate of drug-likeness (QED) is 0.279. The SMILES string of the molecule is CC(=O)N(OC1CCN(C(=O)OC(C)(C)C)CC1)c1cccc(-c2ccc([C@@]3(CC(=O)NOC4CCCCO4)CCCCS3)s2)c1. The zero-order chi connectivity index (χ0) is 32.7. The van der Waals surface area contributed by atoms with Crippen molar-refractivity contribution in [2.75, 3.05) is 30.5 Å². The minimum absolute atomic E-state index is 0.133. The molecule has 252 valence electrons. The molecule has 1 N–H and O–H groups in total. The summed E-state index contributed by atoms with van der Waals surface area (Å²) in [6.07, 6.45) is 6.59. The number of thiophene rings is 1. The van der Waals surface area contributed by atoms with E-state index < -0.39 is 5.60 Å². The van der Waals surface area contributed by atoms with Crippen molar-refractivity contribution < 1.29 is 33.5 Å². The first kappa shape index (κ1) is 34.7. The van der Waals surface area contributed by atoms with E-state index in [-0.39, 0.29) is 35.0 Å². The number of likely N-dealkylation sites (tertiary alicyclic amines) is 1. The van der Waals surface area contributed by atoms with Gasteiger partial charge in [0.15, 0.2) is 6.29 Å². The number of nitrogens with zero attached hydrogens (tertiary/aromatic N) is 2. The molecule has 0 radical (unpaired) electrons. The van der Waals surface area contributed by atoms with Gasteiger partial charge in [0.05, 0.1) is 16.5 Å². The highest BCUT2D eigenvalue weighted by Gasteiger charge is 2.39. The molecule has 3 saturated heterocycles. The number of benzene rings is 1. The number of carbonyl (C=O) groups excluding carboxylic acids is 3. The van der Waals surface area contributed by atoms with E-state index in [1.165, 1.54) is 12.0 Å². The van der Waals surface area contributed by atoms with E-state index in [0.717, 1.165) is 59.6 Å². The van der Waals surface area contributed by atoms with Crippen molar-refractivity contribution in [3.63, 3.8) is 0 Å². The van der Waals surface area contributed by atoms with Gasteiger partial charge in [-0.1, -0.05) is 18.6 Å². The van der Waals surface area contributed by atoms with Crippen LogP contribution in [0, 0.1) is 0 Å². The first-order valence-corrected chi connectivity index (χ1v) is 18.2. The van der Waals surface area contributed by atoms with E-state index >= 15 is 0 Å². The van der Waals surface area contributed by atoms with Crippen molar-refractivity contribution in [2.45, 2.75) is 108 Å². The van der Waals surface area contributed by atoms with Gasteiger partial charge >= 0.3 is 6.09 Å². The number of piperidine rings is 1. The summed E-state index contributed by atoms with van der Waals surface area (Å²) < 4.78 is 10.8. The van der Waals surface area contributed by atoms with Crippen LogP contribution in [0.15, 0.2) is 36.4 Å². The lowest BCUT2D eigenvalue weighted by molar-refractivity contribution is -0.200. The number of amides is 3. The Morgan fingerprint density at radius 1 is 1.07 bits per heavy atom. The van der Waals surface area contributed by atoms with Crippen LogP contribution >= 0.6 is 23.1 Å². The van der Waals surface area contributed by atoms with E-state index in [2.05, 4.69) is 17.6 Å². The fourth-order valence-corrected chi connectivity index (χ4v) is 8.85. The van der Waals surface area contributed by atoms with E-state index in [9.17, 15) is 14.4 Å². The van der Waals surface area contributed by atoms with E-state index in [1.54, 1.807) is 16.2 Å². The maximum atomic E-state index is 13.1. The number of rotatable bonds is 9. The Labute approximate surface area is 280 Å². The number of nitrogens with one attached hydrogen (secondary N) is 1. The van der Waals surface area contributed by atoms with Gasteiger partial charge in [0.25, 0.3) is 0 Å². The number of hydrogen-bond donors (Lipinski definition) is 1. The highest BCUT2D eigenvalue weighted by Crippen LogP contribution is 2.51. The Hall–Kier alpha value is -2.64. The lowest BCUT2D eigenvalue weighted by Gasteiger charge is -2.35. The summed E-state index contributed by atoms with van der Waals surface area (Å²) in [4.78, 5) is 54.1. The maximum absolute atomic E-state index is 13.1. The monoisotopic (exact) mass is 673 g/mol. The fraction of sp³-hybridized carbons (Fsp3) is 0.618. The maximum Gasteiger partial charge on any atom is 0.410 e. The second-order valence-corrected chi connectivity index (χ2v) is 15.8. The molecule has 5 rings (SSSR count). The molecule has 0 saturated carbocycles. The summed E-state index contributed by atoms with van der Waals surface area (Å²) in [6, 6.07) is 12.0. The van der Waals surface area contributed by atoms with Crippen LogP contribution in [-0.4, -0.2) is 66.3 Å². The lowest BCUT2D eigenvalue weighted by atomic mass is 9.94. The Morgan fingerprint density at radius 2 is 1.87 bits per heavy atom. The normalized spacial score (nSPS) is 22.7. The average molecular weight is 674 g/mol. The summed E-state index contributed by atoms with van der Waals surface area (Å²) in [5, 5.41) is 1.37. The molecular weight excluding hydrogens is 627 g/mol. The standard InChI is InChI=1S/C34H47N3O7S2/c1-24(38)37(44-27-15-18-36(19-16-27)32(40)42-33(2,3)4)26-11-9-10-25(22-26)28-13-14-29(46-28)34(17-6-8-21-45-34)23-30(39)35-43-31-12-5-7-20-41-31/h9-11,13-14,22,27,31H,5-8,12,15-21,23H2,1-4H3,(H,35,39)/t31?,34-/m0/s1. The molecule has 3 aliphatic rings. The van der Waals surface area contributed by atoms with Crippen LogP contribution in [0.25, 0.3) is 10.4 Å². The van der Waals surface area contributed by atoms with Gasteiger partial charge in [-0.15, -0.1) is 23.1 Å². The van der Waals surface area contributed by atoms with Gasteiger partial charge in [0, 0.05) is 49.2 Å². The fourth-order valence-electron chi connectivity index (χ4n) is 5.96. The van der Waals surface area contributed by atoms with Gasteiger partial charge in [-0.2, -0.15) is 5.06 Å². The Kier molecular flexibility index (Phi) is 11.7. The van der Waals surface area contributed by atoms with Gasteiger partial charge in [0.2, 0.25) is 11.8 Å². The molecule has 0 spiro atoms. The highest BCUT2D eigenvalue weighted by atomic mass is 32.2. The summed E-state index contributed by atoms with van der Waals surface area (Å²) in [5.41, 5.74) is 3.74. The molecule has 0 aliphatic carbocycles. The molecule has 10 nitrogen and oxygen atoms in total. The number of hydrogen-bond acceptors (Lipinski definition) is 9. The predicted octanol–water partition coefficient (Wildman–Crippen LogP) is 7.18. The minimum Gasteiger partial charge on any atom is -0.444 e. The zero-order valence-electron chi connectivity index (χ0n) is 27.4. The van der Waals surface area contributed by atoms with Crippen molar-refractivity contribution in [3.05, 3.63) is 41.3 Å². The number of anilines is 1. The molecule has 4 heterocycles. The van der Waals surface area contributed by atoms with Gasteiger partial charge in [0.1, 0.15) is 5.60 Å². The van der Waals surface area contributed by atoms with E-state index in [1.807, 2.05) is 56.8 Å². The molecule has 46 heavy (non-hydrogen) atoms. The second kappa shape index (κ2) is 15.5. The number of thioether (sulfide) groups is 1. The summed E-state index contributed by atoms with van der Waals surface area (Å²) in [7, 11) is 0. The molecule has 2 atom stereocenters. The van der Waals surface area contributed by atoms with Crippen LogP contribution in [0.1, 0.15) is 90.4 Å². The topological polar surface area (TPSA) is 107 Å². The van der Waals surface area contributed by atoms with Crippen LogP contribution in [0.3, 0.4) is 0 Å². The first-order chi connectivity index (χ1) is 22.0. The van der Waals surface area contributed by atoms with Gasteiger partial charge in [-0.3, -0.25) is 14.4 Å². The molecule has 1 aromatic carbocycles. The Bertz CT molecular complexity index is 1340. The largest absolute Gasteiger partial charge is 0.444 e. The molecule has 0 bridgehead atoms. The van der Waals surface area contributed by atoms with Crippen LogP contribution in [0.4, 0.5) is 10.5 Å². The third-order valence-electron chi connectivity index (χ3n) is 8.30. The third kappa shape index (κ3) is 9.25. The smallest absolute Gasteiger partial charge is 0.410 e. The zero-order valence-corrected chi connectivity index (χ0v) is 29.0. The third-order valence-corrected chi connectivity index (χ3v) is 11.4. The van der Waals surface area contributed by atoms with Crippen molar-refractivity contribution in [1.29, 1.82) is 0 Å². The Balaban J connectivity index is 1.24. The van der Waals surface area contributed by atoms with Gasteiger partial charge < -0.3 is 14.4 Å². The predicted molar refractivity (Wildman–Crippen MR) is 180 cm³/mol. The van der Waals surface area contributed by atoms with Crippen LogP contribution in [-0.2, 0) is 33.5 Å². The van der Waals surface area contributed by atoms with E-state index in [0.29, 0.717) is 44.6 Å². The molecule has 3 amide bonds. The number of ether oxygens (including phenoxy) is 2. The van der Waals surface area contributed by atoms with Crippen LogP contribution in [0.5, 0.6) is 0 Å². The van der Waals surface area contributed by atoms with Crippen molar-refractivity contribution in [2.24, 2.45) is 0 Å². The lowest BCUT2D eigenvalue weighted by Crippen LogP contribution is -2.45. The summed E-state index contributed by atoms with van der Waals surface area (Å²) >= 11 is 3.55. The van der Waals surface area contributed by atoms with Gasteiger partial charge in [-0.05, 0) is 94.9 Å². The summed E-state index contributed by atoms with van der Waals surface area (Å²) in [5.74, 6) is 0.652. The minimum atomic E-state index is -0.548. The molecular formula is C34H47N3O7S2. The van der Waals surface area contributed by atoms with E-state index in [4.69, 9.17) is 19.1 Å². The number of carbonyl (C=O) groups is 3. The van der Waals surface area contributed by atoms with Gasteiger partial charge in [-0.25, -0.2) is 15.1 Å². The molecule has 3 aliphatic heterocycles. The molecule has 1 unspecified atom stereocenters. The van der Waals surface area contributed by atoms with Crippen molar-refractivity contribution in [3.8, 4) is 10.4 Å². The molecule has 2 aromatic rings. The average Bonchev–Trinajstić information content (AvgIpc) is 3.55. The van der Waals surface area contributed by atoms with Crippen molar-refractivity contribution in [1.82, 2.24) is 10.4 Å². The van der Waals surface area contributed by atoms with Crippen molar-refractivity contribution >= 4 is 46.7 Å². The first-order valence-electron chi connectivity index (χ1n) is 16.4. The molecule has 12 heteroatoms. The molecule has 3 fully saturated rings.